The van der Waals surface area contributed by atoms with Gasteiger partial charge in [0.05, 0.1) is 13.2 Å². The Labute approximate surface area is 164 Å². The number of halogens is 1. The largest absolute Gasteiger partial charge is 0.494 e. The van der Waals surface area contributed by atoms with Gasteiger partial charge in [0, 0.05) is 18.3 Å². The number of anilines is 1. The number of fused-ring (bicyclic) bond motifs is 1. The summed E-state index contributed by atoms with van der Waals surface area (Å²) in [7, 11) is 0. The monoisotopic (exact) mass is 388 g/mol. The van der Waals surface area contributed by atoms with Crippen LogP contribution in [0.25, 0.3) is 0 Å². The fourth-order valence-corrected chi connectivity index (χ4v) is 2.88. The standard InChI is InChI=1S/C21H25FN2O4/c1-2-24(10-3-11-26-18-7-4-16(22)5-8-18)15-21(25)23-17-6-9-19-20(14-17)28-13-12-27-19/h4-9,14H,2-3,10-13,15H2,1H3,(H,23,25). The first-order valence-corrected chi connectivity index (χ1v) is 9.44. The number of hydrogen-bond donors (Lipinski definition) is 1. The van der Waals surface area contributed by atoms with Crippen LogP contribution < -0.4 is 19.5 Å². The number of nitrogens with one attached hydrogen (secondary N) is 1. The molecule has 1 heterocycles. The zero-order chi connectivity index (χ0) is 19.8. The van der Waals surface area contributed by atoms with Crippen LogP contribution in [0.15, 0.2) is 42.5 Å². The summed E-state index contributed by atoms with van der Waals surface area (Å²) < 4.78 is 29.5. The first-order chi connectivity index (χ1) is 13.6. The molecule has 0 bridgehead atoms. The van der Waals surface area contributed by atoms with Gasteiger partial charge in [-0.25, -0.2) is 4.39 Å². The number of amides is 1. The molecule has 1 N–H and O–H groups in total. The number of rotatable bonds is 9. The van der Waals surface area contributed by atoms with Gasteiger partial charge in [-0.3, -0.25) is 9.69 Å². The predicted octanol–water partition coefficient (Wildman–Crippen LogP) is 3.33. The van der Waals surface area contributed by atoms with E-state index in [0.717, 1.165) is 19.5 Å². The Hall–Kier alpha value is -2.80. The van der Waals surface area contributed by atoms with E-state index in [0.29, 0.717) is 49.3 Å². The van der Waals surface area contributed by atoms with Crippen LogP contribution in [0.4, 0.5) is 10.1 Å². The number of ether oxygens (including phenoxy) is 3. The van der Waals surface area contributed by atoms with Gasteiger partial charge in [0.15, 0.2) is 11.5 Å². The molecule has 0 saturated heterocycles. The molecule has 0 aliphatic carbocycles. The minimum absolute atomic E-state index is 0.0852. The molecular formula is C21H25FN2O4. The minimum atomic E-state index is -0.284. The fraction of sp³-hybridized carbons (Fsp3) is 0.381. The molecule has 2 aromatic carbocycles. The van der Waals surface area contributed by atoms with E-state index >= 15 is 0 Å². The van der Waals surface area contributed by atoms with Crippen molar-refractivity contribution in [1.29, 1.82) is 0 Å². The number of benzene rings is 2. The maximum Gasteiger partial charge on any atom is 0.238 e. The molecule has 1 amide bonds. The first-order valence-electron chi connectivity index (χ1n) is 9.44. The molecule has 0 radical (unpaired) electrons. The summed E-state index contributed by atoms with van der Waals surface area (Å²) in [4.78, 5) is 14.4. The van der Waals surface area contributed by atoms with Crippen LogP contribution >= 0.6 is 0 Å². The van der Waals surface area contributed by atoms with Crippen LogP contribution in [0, 0.1) is 5.82 Å². The Morgan fingerprint density at radius 1 is 1.14 bits per heavy atom. The first kappa shape index (κ1) is 19.9. The SMILES string of the molecule is CCN(CCCOc1ccc(F)cc1)CC(=O)Nc1ccc2c(c1)OCCO2. The third-order valence-electron chi connectivity index (χ3n) is 4.34. The van der Waals surface area contributed by atoms with Crippen molar-refractivity contribution in [2.75, 3.05) is 44.8 Å². The molecule has 28 heavy (non-hydrogen) atoms. The van der Waals surface area contributed by atoms with Gasteiger partial charge >= 0.3 is 0 Å². The highest BCUT2D eigenvalue weighted by Gasteiger charge is 2.14. The van der Waals surface area contributed by atoms with Crippen LogP contribution in [0.1, 0.15) is 13.3 Å². The second-order valence-electron chi connectivity index (χ2n) is 6.43. The van der Waals surface area contributed by atoms with Crippen LogP contribution in [-0.2, 0) is 4.79 Å². The van der Waals surface area contributed by atoms with Gasteiger partial charge < -0.3 is 19.5 Å². The number of carbonyl (C=O) groups excluding carboxylic acids is 1. The topological polar surface area (TPSA) is 60.0 Å². The van der Waals surface area contributed by atoms with Crippen molar-refractivity contribution in [3.63, 3.8) is 0 Å². The highest BCUT2D eigenvalue weighted by molar-refractivity contribution is 5.92. The Morgan fingerprint density at radius 2 is 1.89 bits per heavy atom. The zero-order valence-electron chi connectivity index (χ0n) is 15.9. The summed E-state index contributed by atoms with van der Waals surface area (Å²) in [5, 5.41) is 2.90. The summed E-state index contributed by atoms with van der Waals surface area (Å²) in [6.07, 6.45) is 0.766. The molecule has 7 heteroatoms. The lowest BCUT2D eigenvalue weighted by atomic mass is 10.2. The van der Waals surface area contributed by atoms with Crippen molar-refractivity contribution in [3.05, 3.63) is 48.3 Å². The molecule has 0 aromatic heterocycles. The van der Waals surface area contributed by atoms with E-state index in [-0.39, 0.29) is 11.7 Å². The zero-order valence-corrected chi connectivity index (χ0v) is 15.9. The molecule has 6 nitrogen and oxygen atoms in total. The minimum Gasteiger partial charge on any atom is -0.494 e. The van der Waals surface area contributed by atoms with Gasteiger partial charge in [0.1, 0.15) is 24.8 Å². The number of likely N-dealkylation sites (N-methyl/N-ethyl adjacent to an activating group) is 1. The normalized spacial score (nSPS) is 12.7. The average molecular weight is 388 g/mol. The van der Waals surface area contributed by atoms with Crippen molar-refractivity contribution in [1.82, 2.24) is 4.90 Å². The van der Waals surface area contributed by atoms with Crippen molar-refractivity contribution in [2.24, 2.45) is 0 Å². The van der Waals surface area contributed by atoms with E-state index < -0.39 is 0 Å². The van der Waals surface area contributed by atoms with E-state index in [1.165, 1.54) is 12.1 Å². The van der Waals surface area contributed by atoms with Crippen molar-refractivity contribution < 1.29 is 23.4 Å². The van der Waals surface area contributed by atoms with Crippen LogP contribution in [0.2, 0.25) is 0 Å². The maximum atomic E-state index is 12.9. The highest BCUT2D eigenvalue weighted by Crippen LogP contribution is 2.32. The summed E-state index contributed by atoms with van der Waals surface area (Å²) in [5.74, 6) is 1.61. The third kappa shape index (κ3) is 5.85. The molecule has 3 rings (SSSR count). The molecule has 0 fully saturated rings. The summed E-state index contributed by atoms with van der Waals surface area (Å²) in [6.45, 7) is 5.34. The van der Waals surface area contributed by atoms with Gasteiger partial charge in [-0.05, 0) is 49.4 Å². The highest BCUT2D eigenvalue weighted by atomic mass is 19.1. The Morgan fingerprint density at radius 3 is 2.64 bits per heavy atom. The second kappa shape index (κ2) is 9.94. The lowest BCUT2D eigenvalue weighted by Crippen LogP contribution is -2.34. The lowest BCUT2D eigenvalue weighted by Gasteiger charge is -2.21. The van der Waals surface area contributed by atoms with Gasteiger partial charge in [0.2, 0.25) is 5.91 Å². The molecule has 2 aromatic rings. The molecule has 0 saturated carbocycles. The van der Waals surface area contributed by atoms with Crippen LogP contribution in [0.5, 0.6) is 17.2 Å². The predicted molar refractivity (Wildman–Crippen MR) is 105 cm³/mol. The molecule has 0 spiro atoms. The van der Waals surface area contributed by atoms with E-state index in [4.69, 9.17) is 14.2 Å². The van der Waals surface area contributed by atoms with Gasteiger partial charge in [-0.2, -0.15) is 0 Å². The third-order valence-corrected chi connectivity index (χ3v) is 4.34. The molecular weight excluding hydrogens is 363 g/mol. The van der Waals surface area contributed by atoms with Gasteiger partial charge in [0.25, 0.3) is 0 Å². The van der Waals surface area contributed by atoms with Crippen molar-refractivity contribution in [2.45, 2.75) is 13.3 Å². The fourth-order valence-electron chi connectivity index (χ4n) is 2.88. The smallest absolute Gasteiger partial charge is 0.238 e. The maximum absolute atomic E-state index is 12.9. The van der Waals surface area contributed by atoms with E-state index in [1.54, 1.807) is 30.3 Å². The second-order valence-corrected chi connectivity index (χ2v) is 6.43. The average Bonchev–Trinajstić information content (AvgIpc) is 2.71. The number of hydrogen-bond acceptors (Lipinski definition) is 5. The van der Waals surface area contributed by atoms with E-state index in [9.17, 15) is 9.18 Å². The Kier molecular flexibility index (Phi) is 7.08. The molecule has 0 atom stereocenters. The summed E-state index contributed by atoms with van der Waals surface area (Å²) in [6, 6.07) is 11.3. The van der Waals surface area contributed by atoms with Crippen LogP contribution in [-0.4, -0.2) is 50.3 Å². The summed E-state index contributed by atoms with van der Waals surface area (Å²) >= 11 is 0. The van der Waals surface area contributed by atoms with Crippen LogP contribution in [0.3, 0.4) is 0 Å². The van der Waals surface area contributed by atoms with Gasteiger partial charge in [-0.1, -0.05) is 6.92 Å². The molecule has 150 valence electrons. The molecule has 1 aliphatic heterocycles. The quantitative estimate of drug-likeness (QED) is 0.668. The van der Waals surface area contributed by atoms with Crippen molar-refractivity contribution >= 4 is 11.6 Å². The van der Waals surface area contributed by atoms with E-state index in [1.807, 2.05) is 11.8 Å². The lowest BCUT2D eigenvalue weighted by molar-refractivity contribution is -0.117. The number of nitrogens with zero attached hydrogens (tertiary/aromatic N) is 1. The molecule has 1 aliphatic rings. The Bertz CT molecular complexity index is 782. The Balaban J connectivity index is 1.41. The van der Waals surface area contributed by atoms with Gasteiger partial charge in [-0.15, -0.1) is 0 Å². The summed E-state index contributed by atoms with van der Waals surface area (Å²) in [5.41, 5.74) is 0.685. The van der Waals surface area contributed by atoms with E-state index in [2.05, 4.69) is 5.32 Å². The molecule has 0 unspecified atom stereocenters. The van der Waals surface area contributed by atoms with Crippen molar-refractivity contribution in [3.8, 4) is 17.2 Å². The number of carbonyl (C=O) groups is 1.